The zero-order valence-electron chi connectivity index (χ0n) is 11.9. The minimum absolute atomic E-state index is 0.589. The number of anilines is 1. The molecule has 2 aromatic rings. The molecule has 3 rings (SSSR count). The predicted molar refractivity (Wildman–Crippen MR) is 86.2 cm³/mol. The first-order valence-electron chi connectivity index (χ1n) is 6.85. The molecule has 104 valence electrons. The second-order valence-electron chi connectivity index (χ2n) is 5.10. The van der Waals surface area contributed by atoms with Crippen molar-refractivity contribution < 1.29 is 4.74 Å². The monoisotopic (exact) mass is 285 g/mol. The largest absolute Gasteiger partial charge is 0.495 e. The Labute approximate surface area is 124 Å². The molecule has 2 nitrogen and oxygen atoms in total. The Bertz CT molecular complexity index is 599. The molecule has 0 saturated carbocycles. The van der Waals surface area contributed by atoms with Crippen LogP contribution in [0.25, 0.3) is 0 Å². The number of para-hydroxylation sites is 2. The highest BCUT2D eigenvalue weighted by molar-refractivity contribution is 7.99. The van der Waals surface area contributed by atoms with Crippen molar-refractivity contribution in [2.45, 2.75) is 10.8 Å². The Morgan fingerprint density at radius 2 is 1.90 bits per heavy atom. The van der Waals surface area contributed by atoms with Crippen molar-refractivity contribution in [1.29, 1.82) is 0 Å². The van der Waals surface area contributed by atoms with Gasteiger partial charge in [0.1, 0.15) is 5.75 Å². The predicted octanol–water partition coefficient (Wildman–Crippen LogP) is 4.02. The standard InChI is InChI=1S/C17H19NOS/c1-18(15-8-4-5-9-16(15)19-2)11-13-12-20-17-10-6-3-7-14(13)17/h3-10,13H,11-12H2,1-2H3. The van der Waals surface area contributed by atoms with Gasteiger partial charge in [-0.3, -0.25) is 0 Å². The van der Waals surface area contributed by atoms with Crippen molar-refractivity contribution in [2.75, 3.05) is 31.4 Å². The zero-order chi connectivity index (χ0) is 13.9. The fourth-order valence-corrected chi connectivity index (χ4v) is 4.00. The second kappa shape index (κ2) is 5.80. The van der Waals surface area contributed by atoms with E-state index in [2.05, 4.69) is 48.3 Å². The first-order chi connectivity index (χ1) is 9.79. The highest BCUT2D eigenvalue weighted by Crippen LogP contribution is 2.40. The molecule has 2 aromatic carbocycles. The average molecular weight is 285 g/mol. The van der Waals surface area contributed by atoms with Gasteiger partial charge in [0.25, 0.3) is 0 Å². The van der Waals surface area contributed by atoms with Crippen molar-refractivity contribution >= 4 is 17.4 Å². The summed E-state index contributed by atoms with van der Waals surface area (Å²) >= 11 is 1.97. The van der Waals surface area contributed by atoms with Crippen LogP contribution < -0.4 is 9.64 Å². The molecule has 0 radical (unpaired) electrons. The molecule has 0 spiro atoms. The maximum absolute atomic E-state index is 5.45. The molecule has 0 amide bonds. The van der Waals surface area contributed by atoms with Crippen LogP contribution in [-0.4, -0.2) is 26.5 Å². The maximum Gasteiger partial charge on any atom is 0.142 e. The zero-order valence-corrected chi connectivity index (χ0v) is 12.7. The van der Waals surface area contributed by atoms with E-state index in [0.29, 0.717) is 5.92 Å². The minimum atomic E-state index is 0.589. The smallest absolute Gasteiger partial charge is 0.142 e. The van der Waals surface area contributed by atoms with Crippen LogP contribution in [0.5, 0.6) is 5.75 Å². The fraction of sp³-hybridized carbons (Fsp3) is 0.294. The normalized spacial score (nSPS) is 16.8. The van der Waals surface area contributed by atoms with Gasteiger partial charge in [-0.15, -0.1) is 11.8 Å². The van der Waals surface area contributed by atoms with Gasteiger partial charge in [-0.25, -0.2) is 0 Å². The van der Waals surface area contributed by atoms with Gasteiger partial charge in [0.15, 0.2) is 0 Å². The number of thioether (sulfide) groups is 1. The third-order valence-electron chi connectivity index (χ3n) is 3.79. The molecule has 0 N–H and O–H groups in total. The lowest BCUT2D eigenvalue weighted by molar-refractivity contribution is 0.414. The first kappa shape index (κ1) is 13.4. The van der Waals surface area contributed by atoms with E-state index in [1.807, 2.05) is 23.9 Å². The van der Waals surface area contributed by atoms with Crippen LogP contribution in [0.4, 0.5) is 5.69 Å². The first-order valence-corrected chi connectivity index (χ1v) is 7.84. The van der Waals surface area contributed by atoms with Gasteiger partial charge in [0.2, 0.25) is 0 Å². The number of fused-ring (bicyclic) bond motifs is 1. The molecular formula is C17H19NOS. The molecular weight excluding hydrogens is 266 g/mol. The molecule has 3 heteroatoms. The van der Waals surface area contributed by atoms with Gasteiger partial charge in [0, 0.05) is 30.2 Å². The summed E-state index contributed by atoms with van der Waals surface area (Å²) < 4.78 is 5.45. The summed E-state index contributed by atoms with van der Waals surface area (Å²) in [5, 5.41) is 0. The lowest BCUT2D eigenvalue weighted by Gasteiger charge is -2.25. The number of ether oxygens (including phenoxy) is 1. The molecule has 1 heterocycles. The highest BCUT2D eigenvalue weighted by atomic mass is 32.2. The third-order valence-corrected chi connectivity index (χ3v) is 5.04. The van der Waals surface area contributed by atoms with E-state index in [1.54, 1.807) is 7.11 Å². The molecule has 0 aliphatic carbocycles. The molecule has 1 aliphatic rings. The summed E-state index contributed by atoms with van der Waals surface area (Å²) in [6, 6.07) is 17.0. The number of methoxy groups -OCH3 is 1. The van der Waals surface area contributed by atoms with E-state index in [0.717, 1.165) is 18.0 Å². The van der Waals surface area contributed by atoms with Crippen molar-refractivity contribution in [3.8, 4) is 5.75 Å². The minimum Gasteiger partial charge on any atom is -0.495 e. The molecule has 0 aromatic heterocycles. The summed E-state index contributed by atoms with van der Waals surface area (Å²) in [7, 11) is 3.87. The van der Waals surface area contributed by atoms with E-state index in [4.69, 9.17) is 4.74 Å². The summed E-state index contributed by atoms with van der Waals surface area (Å²) in [5.41, 5.74) is 2.64. The fourth-order valence-electron chi connectivity index (χ4n) is 2.75. The molecule has 1 aliphatic heterocycles. The van der Waals surface area contributed by atoms with E-state index >= 15 is 0 Å². The van der Waals surface area contributed by atoms with Crippen molar-refractivity contribution in [2.24, 2.45) is 0 Å². The molecule has 20 heavy (non-hydrogen) atoms. The quantitative estimate of drug-likeness (QED) is 0.842. The SMILES string of the molecule is COc1ccccc1N(C)CC1CSc2ccccc21. The summed E-state index contributed by atoms with van der Waals surface area (Å²) in [4.78, 5) is 3.73. The lowest BCUT2D eigenvalue weighted by Crippen LogP contribution is -2.24. The number of hydrogen-bond donors (Lipinski definition) is 0. The van der Waals surface area contributed by atoms with Crippen molar-refractivity contribution in [1.82, 2.24) is 0 Å². The van der Waals surface area contributed by atoms with Gasteiger partial charge in [0.05, 0.1) is 12.8 Å². The van der Waals surface area contributed by atoms with Gasteiger partial charge in [-0.05, 0) is 23.8 Å². The van der Waals surface area contributed by atoms with E-state index in [1.165, 1.54) is 16.2 Å². The Morgan fingerprint density at radius 1 is 1.15 bits per heavy atom. The number of nitrogens with zero attached hydrogens (tertiary/aromatic N) is 1. The highest BCUT2D eigenvalue weighted by Gasteiger charge is 2.24. The Hall–Kier alpha value is -1.61. The van der Waals surface area contributed by atoms with Crippen LogP contribution in [0.1, 0.15) is 11.5 Å². The van der Waals surface area contributed by atoms with Crippen LogP contribution in [-0.2, 0) is 0 Å². The molecule has 0 saturated heterocycles. The van der Waals surface area contributed by atoms with Gasteiger partial charge < -0.3 is 9.64 Å². The van der Waals surface area contributed by atoms with Gasteiger partial charge in [-0.2, -0.15) is 0 Å². The molecule has 1 atom stereocenters. The van der Waals surface area contributed by atoms with Crippen LogP contribution >= 0.6 is 11.8 Å². The van der Waals surface area contributed by atoms with E-state index in [9.17, 15) is 0 Å². The summed E-state index contributed by atoms with van der Waals surface area (Å²) in [6.07, 6.45) is 0. The van der Waals surface area contributed by atoms with Crippen molar-refractivity contribution in [3.05, 3.63) is 54.1 Å². The number of hydrogen-bond acceptors (Lipinski definition) is 3. The lowest BCUT2D eigenvalue weighted by atomic mass is 10.0. The molecule has 0 bridgehead atoms. The van der Waals surface area contributed by atoms with Crippen LogP contribution in [0.2, 0.25) is 0 Å². The number of benzene rings is 2. The molecule has 0 fully saturated rings. The summed E-state index contributed by atoms with van der Waals surface area (Å²) in [5.74, 6) is 2.69. The second-order valence-corrected chi connectivity index (χ2v) is 6.16. The maximum atomic E-state index is 5.45. The van der Waals surface area contributed by atoms with Crippen LogP contribution in [0.3, 0.4) is 0 Å². The average Bonchev–Trinajstić information content (AvgIpc) is 2.90. The summed E-state index contributed by atoms with van der Waals surface area (Å²) in [6.45, 7) is 1.02. The Morgan fingerprint density at radius 3 is 2.75 bits per heavy atom. The van der Waals surface area contributed by atoms with Gasteiger partial charge >= 0.3 is 0 Å². The third kappa shape index (κ3) is 2.50. The number of likely N-dealkylation sites (N-methyl/N-ethyl adjacent to an activating group) is 1. The topological polar surface area (TPSA) is 12.5 Å². The van der Waals surface area contributed by atoms with Crippen LogP contribution in [0.15, 0.2) is 53.4 Å². The Kier molecular flexibility index (Phi) is 3.88. The van der Waals surface area contributed by atoms with E-state index in [-0.39, 0.29) is 0 Å². The molecule has 1 unspecified atom stereocenters. The van der Waals surface area contributed by atoms with Gasteiger partial charge in [-0.1, -0.05) is 30.3 Å². The number of rotatable bonds is 4. The Balaban J connectivity index is 1.79. The van der Waals surface area contributed by atoms with Crippen LogP contribution in [0, 0.1) is 0 Å². The van der Waals surface area contributed by atoms with Crippen molar-refractivity contribution in [3.63, 3.8) is 0 Å². The van der Waals surface area contributed by atoms with E-state index < -0.39 is 0 Å².